The molecule has 0 saturated carbocycles. The molecule has 0 aliphatic carbocycles. The van der Waals surface area contributed by atoms with Gasteiger partial charge in [-0.1, -0.05) is 24.9 Å². The molecule has 2 aliphatic heterocycles. The fourth-order valence-corrected chi connectivity index (χ4v) is 4.89. The number of hydrogen-bond donors (Lipinski definition) is 1. The van der Waals surface area contributed by atoms with Crippen molar-refractivity contribution in [3.8, 4) is 11.6 Å². The first kappa shape index (κ1) is 23.8. The first-order chi connectivity index (χ1) is 17.0. The summed E-state index contributed by atoms with van der Waals surface area (Å²) in [5.41, 5.74) is 3.71. The van der Waals surface area contributed by atoms with Gasteiger partial charge in [-0.05, 0) is 25.5 Å². The van der Waals surface area contributed by atoms with Crippen molar-refractivity contribution < 1.29 is 19.0 Å². The summed E-state index contributed by atoms with van der Waals surface area (Å²) in [6.07, 6.45) is 3.97. The van der Waals surface area contributed by atoms with Crippen molar-refractivity contribution in [2.75, 3.05) is 38.8 Å². The number of carbonyl (C=O) groups excluding carboxylic acids is 1. The summed E-state index contributed by atoms with van der Waals surface area (Å²) < 4.78 is 19.1. The van der Waals surface area contributed by atoms with Gasteiger partial charge < -0.3 is 29.0 Å². The molecule has 9 heteroatoms. The van der Waals surface area contributed by atoms with Crippen molar-refractivity contribution in [2.24, 2.45) is 0 Å². The average molecular weight is 499 g/mol. The second-order valence-electron chi connectivity index (χ2n) is 9.12. The number of rotatable bonds is 9. The molecule has 4 heterocycles. The van der Waals surface area contributed by atoms with Gasteiger partial charge in [0.1, 0.15) is 5.75 Å². The van der Waals surface area contributed by atoms with Crippen LogP contribution in [-0.4, -0.2) is 59.9 Å². The highest BCUT2D eigenvalue weighted by molar-refractivity contribution is 6.38. The van der Waals surface area contributed by atoms with Crippen molar-refractivity contribution in [3.05, 3.63) is 46.2 Å². The van der Waals surface area contributed by atoms with Crippen LogP contribution in [0.25, 0.3) is 10.9 Å². The normalized spacial score (nSPS) is 15.8. The van der Waals surface area contributed by atoms with E-state index >= 15 is 0 Å². The van der Waals surface area contributed by atoms with Crippen LogP contribution in [0, 0.1) is 6.92 Å². The van der Waals surface area contributed by atoms with E-state index < -0.39 is 0 Å². The quantitative estimate of drug-likeness (QED) is 0.433. The molecule has 5 rings (SSSR count). The molecule has 1 saturated heterocycles. The number of anilines is 1. The van der Waals surface area contributed by atoms with Gasteiger partial charge in [0, 0.05) is 36.4 Å². The van der Waals surface area contributed by atoms with Crippen molar-refractivity contribution in [1.29, 1.82) is 0 Å². The largest absolute Gasteiger partial charge is 0.496 e. The first-order valence-corrected chi connectivity index (χ1v) is 12.5. The van der Waals surface area contributed by atoms with E-state index in [1.54, 1.807) is 7.11 Å². The zero-order chi connectivity index (χ0) is 24.5. The Morgan fingerprint density at radius 2 is 2.11 bits per heavy atom. The number of benzene rings is 1. The minimum Gasteiger partial charge on any atom is -0.496 e. The Bertz CT molecular complexity index is 1250. The highest BCUT2D eigenvalue weighted by Gasteiger charge is 2.31. The van der Waals surface area contributed by atoms with E-state index in [0.717, 1.165) is 40.7 Å². The molecular weight excluding hydrogens is 468 g/mol. The lowest BCUT2D eigenvalue weighted by atomic mass is 10.1. The second kappa shape index (κ2) is 9.95. The molecule has 8 nitrogen and oxygen atoms in total. The molecule has 0 spiro atoms. The van der Waals surface area contributed by atoms with Crippen LogP contribution in [0.3, 0.4) is 0 Å². The van der Waals surface area contributed by atoms with Crippen LogP contribution in [-0.2, 0) is 17.8 Å². The second-order valence-corrected chi connectivity index (χ2v) is 9.50. The summed E-state index contributed by atoms with van der Waals surface area (Å²) in [5, 5.41) is 4.85. The Morgan fingerprint density at radius 3 is 2.83 bits per heavy atom. The van der Waals surface area contributed by atoms with Gasteiger partial charge in [0.25, 0.3) is 5.91 Å². The van der Waals surface area contributed by atoms with Gasteiger partial charge in [-0.25, -0.2) is 4.98 Å². The van der Waals surface area contributed by atoms with E-state index in [1.165, 1.54) is 0 Å². The number of nitrogens with one attached hydrogen (secondary N) is 1. The number of unbranched alkanes of at least 4 members (excludes halogenated alkanes) is 1. The van der Waals surface area contributed by atoms with E-state index in [1.807, 2.05) is 36.2 Å². The maximum Gasteiger partial charge on any atom is 0.257 e. The van der Waals surface area contributed by atoms with Crippen LogP contribution in [0.1, 0.15) is 41.4 Å². The molecule has 1 amide bonds. The van der Waals surface area contributed by atoms with Gasteiger partial charge in [-0.15, -0.1) is 0 Å². The third kappa shape index (κ3) is 4.52. The number of methoxy groups -OCH3 is 1. The average Bonchev–Trinajstić information content (AvgIpc) is 3.15. The van der Waals surface area contributed by atoms with Crippen LogP contribution in [0.15, 0.2) is 24.4 Å². The Kier molecular flexibility index (Phi) is 6.75. The number of carbonyl (C=O) groups is 1. The maximum absolute atomic E-state index is 14.0. The van der Waals surface area contributed by atoms with E-state index in [4.69, 9.17) is 25.8 Å². The van der Waals surface area contributed by atoms with Gasteiger partial charge in [0.15, 0.2) is 0 Å². The van der Waals surface area contributed by atoms with Gasteiger partial charge in [0.2, 0.25) is 5.88 Å². The number of amides is 1. The fraction of sp³-hybridized carbons (Fsp3) is 0.462. The molecule has 1 fully saturated rings. The monoisotopic (exact) mass is 498 g/mol. The number of halogens is 1. The van der Waals surface area contributed by atoms with E-state index in [-0.39, 0.29) is 11.9 Å². The molecule has 0 radical (unpaired) electrons. The Balaban J connectivity index is 1.51. The van der Waals surface area contributed by atoms with Crippen LogP contribution in [0.4, 0.5) is 5.69 Å². The number of aryl methyl sites for hydroxylation is 1. The lowest BCUT2D eigenvalue weighted by molar-refractivity contribution is 0.0211. The highest BCUT2D eigenvalue weighted by atomic mass is 35.5. The van der Waals surface area contributed by atoms with Crippen molar-refractivity contribution >= 4 is 34.1 Å². The van der Waals surface area contributed by atoms with Crippen molar-refractivity contribution in [3.63, 3.8) is 0 Å². The maximum atomic E-state index is 14.0. The predicted molar refractivity (Wildman–Crippen MR) is 136 cm³/mol. The molecule has 2 aliphatic rings. The molecule has 0 unspecified atom stereocenters. The molecule has 35 heavy (non-hydrogen) atoms. The van der Waals surface area contributed by atoms with E-state index in [2.05, 4.69) is 21.8 Å². The van der Waals surface area contributed by atoms with Gasteiger partial charge in [0.05, 0.1) is 66.9 Å². The smallest absolute Gasteiger partial charge is 0.257 e. The van der Waals surface area contributed by atoms with Gasteiger partial charge in [-0.3, -0.25) is 4.79 Å². The van der Waals surface area contributed by atoms with Crippen LogP contribution in [0.5, 0.6) is 11.6 Å². The van der Waals surface area contributed by atoms with Gasteiger partial charge in [-0.2, -0.15) is 0 Å². The Morgan fingerprint density at radius 1 is 1.29 bits per heavy atom. The van der Waals surface area contributed by atoms with Crippen molar-refractivity contribution in [1.82, 2.24) is 14.5 Å². The number of ether oxygens (including phenoxy) is 3. The van der Waals surface area contributed by atoms with E-state index in [9.17, 15) is 4.79 Å². The SMILES string of the molecule is CCCCOc1nc(C)cc(OC)c1CN1CCn2ccc3cc(NC4COC4)c(Cl)c(c32)C1=O. The molecule has 1 aromatic carbocycles. The van der Waals surface area contributed by atoms with Crippen molar-refractivity contribution in [2.45, 2.75) is 45.8 Å². The molecule has 2 aromatic heterocycles. The van der Waals surface area contributed by atoms with Crippen LogP contribution < -0.4 is 14.8 Å². The topological polar surface area (TPSA) is 77.8 Å². The lowest BCUT2D eigenvalue weighted by Crippen LogP contribution is -2.40. The Hall–Kier alpha value is -2.97. The summed E-state index contributed by atoms with van der Waals surface area (Å²) in [6.45, 7) is 7.35. The minimum absolute atomic E-state index is 0.118. The summed E-state index contributed by atoms with van der Waals surface area (Å²) in [6, 6.07) is 6.13. The number of pyridine rings is 1. The lowest BCUT2D eigenvalue weighted by Gasteiger charge is -2.29. The molecular formula is C26H31ClN4O4. The number of aromatic nitrogens is 2. The molecule has 0 atom stereocenters. The third-order valence-electron chi connectivity index (χ3n) is 6.58. The molecule has 0 bridgehead atoms. The summed E-state index contributed by atoms with van der Waals surface area (Å²) in [5.74, 6) is 1.06. The fourth-order valence-electron chi connectivity index (χ4n) is 4.61. The molecule has 3 aromatic rings. The summed E-state index contributed by atoms with van der Waals surface area (Å²) in [7, 11) is 1.63. The zero-order valence-electron chi connectivity index (χ0n) is 20.4. The standard InChI is InChI=1S/C26H31ClN4O4/c1-4-5-10-35-25-19(21(33-3)11-16(2)28-25)13-31-9-8-30-7-6-17-12-20(29-18-14-34-15-18)23(27)22(24(17)30)26(31)32/h6-7,11-12,18,29H,4-5,8-10,13-15H2,1-3H3. The van der Waals surface area contributed by atoms with Crippen LogP contribution >= 0.6 is 11.6 Å². The predicted octanol–water partition coefficient (Wildman–Crippen LogP) is 4.65. The molecule has 186 valence electrons. The molecule has 1 N–H and O–H groups in total. The van der Waals surface area contributed by atoms with Crippen LogP contribution in [0.2, 0.25) is 5.02 Å². The number of hydrogen-bond acceptors (Lipinski definition) is 6. The summed E-state index contributed by atoms with van der Waals surface area (Å²) >= 11 is 6.88. The minimum atomic E-state index is -0.118. The third-order valence-corrected chi connectivity index (χ3v) is 6.97. The highest BCUT2D eigenvalue weighted by Crippen LogP contribution is 2.38. The summed E-state index contributed by atoms with van der Waals surface area (Å²) in [4.78, 5) is 20.4. The zero-order valence-corrected chi connectivity index (χ0v) is 21.2. The van der Waals surface area contributed by atoms with E-state index in [0.29, 0.717) is 61.7 Å². The van der Waals surface area contributed by atoms with Gasteiger partial charge >= 0.3 is 0 Å². The first-order valence-electron chi connectivity index (χ1n) is 12.1. The number of nitrogens with zero attached hydrogens (tertiary/aromatic N) is 3. The Labute approximate surface area is 210 Å².